The zero-order chi connectivity index (χ0) is 18.0. The zero-order valence-electron chi connectivity index (χ0n) is 13.0. The summed E-state index contributed by atoms with van der Waals surface area (Å²) in [5, 5.41) is 0. The van der Waals surface area contributed by atoms with E-state index in [4.69, 9.17) is 4.74 Å². The van der Waals surface area contributed by atoms with Gasteiger partial charge in [0.1, 0.15) is 10.6 Å². The minimum Gasteiger partial charge on any atom is -0.497 e. The average Bonchev–Trinajstić information content (AvgIpc) is 3.07. The highest BCUT2D eigenvalue weighted by Crippen LogP contribution is 2.40. The number of alkyl halides is 3. The Kier molecular flexibility index (Phi) is 4.59. The summed E-state index contributed by atoms with van der Waals surface area (Å²) < 4.78 is 49.1. The first-order valence-corrected chi connectivity index (χ1v) is 8.00. The van der Waals surface area contributed by atoms with E-state index < -0.39 is 22.4 Å². The molecule has 0 unspecified atom stereocenters. The Balaban J connectivity index is 2.16. The van der Waals surface area contributed by atoms with E-state index in [9.17, 15) is 18.0 Å². The molecule has 3 nitrogen and oxygen atoms in total. The molecule has 1 aromatic heterocycles. The topological polar surface area (TPSA) is 39.2 Å². The van der Waals surface area contributed by atoms with Gasteiger partial charge in [-0.2, -0.15) is 17.5 Å². The fraction of sp³-hybridized carbons (Fsp3) is 0.111. The minimum atomic E-state index is -4.65. The van der Waals surface area contributed by atoms with Crippen molar-refractivity contribution < 1.29 is 22.7 Å². The van der Waals surface area contributed by atoms with Crippen molar-refractivity contribution >= 4 is 17.3 Å². The predicted molar refractivity (Wildman–Crippen MR) is 89.0 cm³/mol. The van der Waals surface area contributed by atoms with E-state index in [0.717, 1.165) is 0 Å². The molecular weight excluding hydrogens is 351 g/mol. The summed E-state index contributed by atoms with van der Waals surface area (Å²) in [6, 6.07) is 14.2. The highest BCUT2D eigenvalue weighted by atomic mass is 32.1. The number of aromatic nitrogens is 1. The van der Waals surface area contributed by atoms with Crippen LogP contribution in [0.15, 0.2) is 54.6 Å². The molecule has 0 saturated heterocycles. The third kappa shape index (κ3) is 3.41. The maximum absolute atomic E-state index is 13.4. The number of carbonyl (C=O) groups is 1. The van der Waals surface area contributed by atoms with E-state index in [1.165, 1.54) is 19.2 Å². The number of hydrogen-bond donors (Lipinski definition) is 0. The highest BCUT2D eigenvalue weighted by molar-refractivity contribution is 7.06. The van der Waals surface area contributed by atoms with Crippen molar-refractivity contribution in [3.63, 3.8) is 0 Å². The maximum Gasteiger partial charge on any atom is 0.427 e. The summed E-state index contributed by atoms with van der Waals surface area (Å²) in [6.45, 7) is 0. The van der Waals surface area contributed by atoms with Gasteiger partial charge in [0.05, 0.1) is 18.4 Å². The van der Waals surface area contributed by atoms with Crippen molar-refractivity contribution in [3.05, 3.63) is 70.6 Å². The number of nitrogens with zero attached hydrogens (tertiary/aromatic N) is 1. The fourth-order valence-electron chi connectivity index (χ4n) is 2.37. The highest BCUT2D eigenvalue weighted by Gasteiger charge is 2.40. The number of ketones is 1. The monoisotopic (exact) mass is 363 g/mol. The summed E-state index contributed by atoms with van der Waals surface area (Å²) in [5.41, 5.74) is 0.206. The van der Waals surface area contributed by atoms with Gasteiger partial charge in [-0.05, 0) is 35.8 Å². The molecule has 25 heavy (non-hydrogen) atoms. The quantitative estimate of drug-likeness (QED) is 0.608. The molecule has 0 radical (unpaired) electrons. The van der Waals surface area contributed by atoms with Crippen molar-refractivity contribution in [1.29, 1.82) is 0 Å². The number of ether oxygens (including phenoxy) is 1. The molecule has 1 heterocycles. The first kappa shape index (κ1) is 17.2. The molecule has 0 saturated carbocycles. The summed E-state index contributed by atoms with van der Waals surface area (Å²) in [4.78, 5) is 11.7. The number of carbonyl (C=O) groups excluding carboxylic acids is 1. The molecule has 3 aromatic rings. The molecule has 0 fully saturated rings. The molecule has 0 spiro atoms. The average molecular weight is 363 g/mol. The van der Waals surface area contributed by atoms with E-state index >= 15 is 0 Å². The predicted octanol–water partition coefficient (Wildman–Crippen LogP) is 5.07. The summed E-state index contributed by atoms with van der Waals surface area (Å²) >= 11 is 0.284. The van der Waals surface area contributed by atoms with E-state index in [-0.39, 0.29) is 22.8 Å². The Morgan fingerprint density at radius 3 is 2.24 bits per heavy atom. The van der Waals surface area contributed by atoms with Crippen molar-refractivity contribution in [3.8, 4) is 17.0 Å². The smallest absolute Gasteiger partial charge is 0.427 e. The Morgan fingerprint density at radius 1 is 1.04 bits per heavy atom. The van der Waals surface area contributed by atoms with E-state index in [1.807, 2.05) is 0 Å². The molecule has 0 bridgehead atoms. The molecule has 0 N–H and O–H groups in total. The Morgan fingerprint density at radius 2 is 1.68 bits per heavy atom. The van der Waals surface area contributed by atoms with E-state index in [1.54, 1.807) is 42.5 Å². The van der Waals surface area contributed by atoms with Crippen LogP contribution >= 0.6 is 11.5 Å². The number of rotatable bonds is 4. The van der Waals surface area contributed by atoms with Crippen LogP contribution in [-0.2, 0) is 6.18 Å². The number of halogens is 3. The second-order valence-electron chi connectivity index (χ2n) is 5.16. The second-order valence-corrected chi connectivity index (χ2v) is 5.93. The lowest BCUT2D eigenvalue weighted by molar-refractivity contribution is -0.134. The van der Waals surface area contributed by atoms with Crippen molar-refractivity contribution in [1.82, 2.24) is 4.37 Å². The van der Waals surface area contributed by atoms with Gasteiger partial charge in [0.25, 0.3) is 0 Å². The van der Waals surface area contributed by atoms with Gasteiger partial charge in [-0.15, -0.1) is 0 Å². The zero-order valence-corrected chi connectivity index (χ0v) is 13.8. The van der Waals surface area contributed by atoms with Crippen LogP contribution in [0, 0.1) is 0 Å². The van der Waals surface area contributed by atoms with Gasteiger partial charge >= 0.3 is 6.18 Å². The standard InChI is InChI=1S/C18H12F3NO2S/c1-24-13-9-7-11(8-10-13)15-14(17(25-22-15)18(19,20)21)16(23)12-5-3-2-4-6-12/h2-10H,1H3. The van der Waals surface area contributed by atoms with Gasteiger partial charge in [-0.25, -0.2) is 0 Å². The third-order valence-electron chi connectivity index (χ3n) is 3.58. The van der Waals surface area contributed by atoms with Crippen LogP contribution in [0.4, 0.5) is 13.2 Å². The van der Waals surface area contributed by atoms with Crippen molar-refractivity contribution in [2.45, 2.75) is 6.18 Å². The second kappa shape index (κ2) is 6.68. The Hall–Kier alpha value is -2.67. The molecule has 3 rings (SSSR count). The van der Waals surface area contributed by atoms with Gasteiger partial charge in [0.15, 0.2) is 5.78 Å². The lowest BCUT2D eigenvalue weighted by Crippen LogP contribution is -2.11. The minimum absolute atomic E-state index is 0.0221. The molecule has 0 aliphatic rings. The molecule has 0 amide bonds. The summed E-state index contributed by atoms with van der Waals surface area (Å²) in [6.07, 6.45) is -4.65. The van der Waals surface area contributed by atoms with E-state index in [0.29, 0.717) is 11.3 Å². The van der Waals surface area contributed by atoms with Crippen LogP contribution < -0.4 is 4.74 Å². The normalized spacial score (nSPS) is 11.4. The van der Waals surface area contributed by atoms with Crippen molar-refractivity contribution in [2.24, 2.45) is 0 Å². The third-order valence-corrected chi connectivity index (χ3v) is 4.47. The Labute approximate surface area is 145 Å². The van der Waals surface area contributed by atoms with Crippen molar-refractivity contribution in [2.75, 3.05) is 7.11 Å². The molecule has 0 aliphatic heterocycles. The Bertz CT molecular complexity index is 887. The van der Waals surface area contributed by atoms with Gasteiger partial charge in [-0.1, -0.05) is 30.3 Å². The lowest BCUT2D eigenvalue weighted by Gasteiger charge is -2.09. The summed E-state index contributed by atoms with van der Waals surface area (Å²) in [7, 11) is 1.49. The van der Waals surface area contributed by atoms with Gasteiger partial charge in [0, 0.05) is 11.1 Å². The van der Waals surface area contributed by atoms with Crippen LogP contribution in [0.2, 0.25) is 0 Å². The first-order chi connectivity index (χ1) is 11.9. The SMILES string of the molecule is COc1ccc(-c2nsc(C(F)(F)F)c2C(=O)c2ccccc2)cc1. The van der Waals surface area contributed by atoms with Crippen LogP contribution in [0.25, 0.3) is 11.3 Å². The molecule has 0 aliphatic carbocycles. The molecule has 7 heteroatoms. The first-order valence-electron chi connectivity index (χ1n) is 7.23. The van der Waals surface area contributed by atoms with Crippen LogP contribution in [0.3, 0.4) is 0 Å². The lowest BCUT2D eigenvalue weighted by atomic mass is 9.98. The number of benzene rings is 2. The molecule has 0 atom stereocenters. The largest absolute Gasteiger partial charge is 0.497 e. The fourth-order valence-corrected chi connectivity index (χ4v) is 3.14. The number of methoxy groups -OCH3 is 1. The number of hydrogen-bond acceptors (Lipinski definition) is 4. The van der Waals surface area contributed by atoms with E-state index in [2.05, 4.69) is 4.37 Å². The summed E-state index contributed by atoms with van der Waals surface area (Å²) in [5.74, 6) is -0.140. The van der Waals surface area contributed by atoms with Gasteiger partial charge < -0.3 is 4.74 Å². The van der Waals surface area contributed by atoms with Crippen LogP contribution in [0.5, 0.6) is 5.75 Å². The van der Waals surface area contributed by atoms with Crippen LogP contribution in [0.1, 0.15) is 20.8 Å². The maximum atomic E-state index is 13.4. The molecule has 2 aromatic carbocycles. The van der Waals surface area contributed by atoms with Crippen LogP contribution in [-0.4, -0.2) is 17.3 Å². The molecular formula is C18H12F3NO2S. The van der Waals surface area contributed by atoms with Gasteiger partial charge in [0.2, 0.25) is 0 Å². The van der Waals surface area contributed by atoms with Gasteiger partial charge in [-0.3, -0.25) is 4.79 Å². The molecule has 128 valence electrons.